The van der Waals surface area contributed by atoms with Crippen LogP contribution in [0.3, 0.4) is 0 Å². The number of carbonyl (C=O) groups is 1. The number of nitrogens with one attached hydrogen (secondary N) is 3. The first-order chi connectivity index (χ1) is 12.9. The predicted octanol–water partition coefficient (Wildman–Crippen LogP) is 2.07. The maximum absolute atomic E-state index is 12.0. The van der Waals surface area contributed by atoms with Gasteiger partial charge in [-0.2, -0.15) is 0 Å². The van der Waals surface area contributed by atoms with Crippen LogP contribution >= 0.6 is 24.0 Å². The van der Waals surface area contributed by atoms with E-state index in [1.165, 1.54) is 25.7 Å². The summed E-state index contributed by atoms with van der Waals surface area (Å²) >= 11 is 0. The minimum absolute atomic E-state index is 0. The van der Waals surface area contributed by atoms with Gasteiger partial charge in [-0.15, -0.1) is 24.0 Å². The third-order valence-electron chi connectivity index (χ3n) is 5.44. The first-order valence-electron chi connectivity index (χ1n) is 10.4. The van der Waals surface area contributed by atoms with Crippen molar-refractivity contribution in [3.05, 3.63) is 0 Å². The lowest BCUT2D eigenvalue weighted by molar-refractivity contribution is -0.121. The molecular weight excluding hydrogens is 491 g/mol. The first kappa shape index (κ1) is 25.5. The normalized spacial score (nSPS) is 26.9. The standard InChI is InChI=1S/C19H36N4O3S.HI/c1-3-20-19(21-10-7-16-6-4-5-15(2)13-16)22-11-8-18(24)23-17-9-12-27(25,26)14-17;/h15-17H,3-14H2,1-2H3,(H,23,24)(H2,20,21,22);1H. The van der Waals surface area contributed by atoms with E-state index in [-0.39, 0.29) is 47.4 Å². The second-order valence-corrected chi connectivity index (χ2v) is 10.3. The fourth-order valence-corrected chi connectivity index (χ4v) is 5.70. The highest BCUT2D eigenvalue weighted by atomic mass is 127. The zero-order chi connectivity index (χ0) is 19.7. The molecule has 7 nitrogen and oxygen atoms in total. The van der Waals surface area contributed by atoms with E-state index in [1.807, 2.05) is 6.92 Å². The number of carbonyl (C=O) groups excluding carboxylic acids is 1. The third kappa shape index (κ3) is 9.76. The van der Waals surface area contributed by atoms with Gasteiger partial charge < -0.3 is 16.0 Å². The largest absolute Gasteiger partial charge is 0.357 e. The van der Waals surface area contributed by atoms with E-state index in [4.69, 9.17) is 0 Å². The number of sulfone groups is 1. The van der Waals surface area contributed by atoms with Crippen molar-refractivity contribution in [2.24, 2.45) is 16.8 Å². The van der Waals surface area contributed by atoms with Crippen LogP contribution in [-0.4, -0.2) is 57.5 Å². The number of halogens is 1. The Bertz CT molecular complexity index is 612. The van der Waals surface area contributed by atoms with Crippen LogP contribution in [0.2, 0.25) is 0 Å². The Hall–Kier alpha value is -0.580. The zero-order valence-electron chi connectivity index (χ0n) is 17.2. The Morgan fingerprint density at radius 1 is 1.18 bits per heavy atom. The van der Waals surface area contributed by atoms with Gasteiger partial charge in [0.25, 0.3) is 0 Å². The van der Waals surface area contributed by atoms with Gasteiger partial charge in [-0.05, 0) is 38.0 Å². The Balaban J connectivity index is 0.00000392. The van der Waals surface area contributed by atoms with Crippen LogP contribution in [0.25, 0.3) is 0 Å². The summed E-state index contributed by atoms with van der Waals surface area (Å²) in [5, 5.41) is 9.23. The number of hydrogen-bond acceptors (Lipinski definition) is 4. The summed E-state index contributed by atoms with van der Waals surface area (Å²) in [6.45, 7) is 6.43. The molecule has 1 amide bonds. The molecule has 0 bridgehead atoms. The van der Waals surface area contributed by atoms with E-state index < -0.39 is 9.84 Å². The molecule has 1 heterocycles. The van der Waals surface area contributed by atoms with Crippen LogP contribution in [0.4, 0.5) is 0 Å². The molecule has 1 aliphatic carbocycles. The highest BCUT2D eigenvalue weighted by Gasteiger charge is 2.28. The molecule has 2 fully saturated rings. The van der Waals surface area contributed by atoms with Crippen LogP contribution in [0.1, 0.15) is 58.8 Å². The van der Waals surface area contributed by atoms with Gasteiger partial charge in [0, 0.05) is 32.1 Å². The molecule has 1 saturated heterocycles. The molecule has 164 valence electrons. The van der Waals surface area contributed by atoms with Crippen LogP contribution in [0, 0.1) is 11.8 Å². The molecule has 3 atom stereocenters. The van der Waals surface area contributed by atoms with Crippen molar-refractivity contribution in [3.8, 4) is 0 Å². The maximum atomic E-state index is 12.0. The predicted molar refractivity (Wildman–Crippen MR) is 125 cm³/mol. The topological polar surface area (TPSA) is 99.7 Å². The van der Waals surface area contributed by atoms with E-state index in [0.717, 1.165) is 37.3 Å². The van der Waals surface area contributed by atoms with Crippen molar-refractivity contribution in [1.29, 1.82) is 0 Å². The van der Waals surface area contributed by atoms with Gasteiger partial charge in [0.15, 0.2) is 15.8 Å². The second kappa shape index (κ2) is 12.9. The molecule has 3 unspecified atom stereocenters. The van der Waals surface area contributed by atoms with E-state index in [0.29, 0.717) is 19.4 Å². The number of hydrogen-bond donors (Lipinski definition) is 3. The Morgan fingerprint density at radius 2 is 1.96 bits per heavy atom. The van der Waals surface area contributed by atoms with E-state index in [2.05, 4.69) is 27.9 Å². The summed E-state index contributed by atoms with van der Waals surface area (Å²) in [5.41, 5.74) is 0. The molecule has 2 rings (SSSR count). The summed E-state index contributed by atoms with van der Waals surface area (Å²) in [6.07, 6.45) is 7.28. The summed E-state index contributed by atoms with van der Waals surface area (Å²) in [6, 6.07) is -0.234. The highest BCUT2D eigenvalue weighted by molar-refractivity contribution is 14.0. The molecule has 9 heteroatoms. The average molecular weight is 529 g/mol. The van der Waals surface area contributed by atoms with Gasteiger partial charge in [-0.25, -0.2) is 8.42 Å². The van der Waals surface area contributed by atoms with Gasteiger partial charge >= 0.3 is 0 Å². The third-order valence-corrected chi connectivity index (χ3v) is 7.21. The van der Waals surface area contributed by atoms with E-state index >= 15 is 0 Å². The monoisotopic (exact) mass is 528 g/mol. The SMILES string of the molecule is CCNC(=NCCC1CCCC(C)C1)NCCC(=O)NC1CCS(=O)(=O)C1.I. The Morgan fingerprint density at radius 3 is 2.61 bits per heavy atom. The van der Waals surface area contributed by atoms with Crippen molar-refractivity contribution >= 4 is 45.7 Å². The van der Waals surface area contributed by atoms with E-state index in [9.17, 15) is 13.2 Å². The fraction of sp³-hybridized carbons (Fsp3) is 0.895. The molecule has 28 heavy (non-hydrogen) atoms. The average Bonchev–Trinajstić information content (AvgIpc) is 2.93. The molecule has 0 aromatic carbocycles. The lowest BCUT2D eigenvalue weighted by Gasteiger charge is -2.26. The summed E-state index contributed by atoms with van der Waals surface area (Å²) < 4.78 is 22.9. The number of amides is 1. The van der Waals surface area contributed by atoms with Crippen LogP contribution in [0.5, 0.6) is 0 Å². The Labute approximate surface area is 187 Å². The summed E-state index contributed by atoms with van der Waals surface area (Å²) in [7, 11) is -2.97. The van der Waals surface area contributed by atoms with Crippen LogP contribution < -0.4 is 16.0 Å². The molecule has 1 saturated carbocycles. The van der Waals surface area contributed by atoms with Gasteiger partial charge in [0.1, 0.15) is 0 Å². The molecule has 0 aromatic heterocycles. The first-order valence-corrected chi connectivity index (χ1v) is 12.2. The van der Waals surface area contributed by atoms with Gasteiger partial charge in [0.05, 0.1) is 11.5 Å². The summed E-state index contributed by atoms with van der Waals surface area (Å²) in [4.78, 5) is 16.6. The van der Waals surface area contributed by atoms with Gasteiger partial charge in [0.2, 0.25) is 5.91 Å². The molecule has 0 aromatic rings. The summed E-state index contributed by atoms with van der Waals surface area (Å²) in [5.74, 6) is 2.50. The molecule has 3 N–H and O–H groups in total. The molecule has 2 aliphatic rings. The molecule has 1 aliphatic heterocycles. The zero-order valence-corrected chi connectivity index (χ0v) is 20.4. The lowest BCUT2D eigenvalue weighted by atomic mass is 9.81. The number of guanidine groups is 1. The Kier molecular flexibility index (Phi) is 11.7. The van der Waals surface area contributed by atoms with Gasteiger partial charge in [-0.3, -0.25) is 9.79 Å². The lowest BCUT2D eigenvalue weighted by Crippen LogP contribution is -2.41. The minimum Gasteiger partial charge on any atom is -0.357 e. The van der Waals surface area contributed by atoms with Crippen molar-refractivity contribution in [2.75, 3.05) is 31.1 Å². The van der Waals surface area contributed by atoms with Gasteiger partial charge in [-0.1, -0.05) is 26.2 Å². The molecule has 0 radical (unpaired) electrons. The fourth-order valence-electron chi connectivity index (χ4n) is 4.03. The second-order valence-electron chi connectivity index (χ2n) is 8.03. The minimum atomic E-state index is -2.97. The van der Waals surface area contributed by atoms with Crippen molar-refractivity contribution in [2.45, 2.75) is 64.8 Å². The molecule has 0 spiro atoms. The van der Waals surface area contributed by atoms with Crippen molar-refractivity contribution in [1.82, 2.24) is 16.0 Å². The quantitative estimate of drug-likeness (QED) is 0.255. The van der Waals surface area contributed by atoms with Crippen molar-refractivity contribution < 1.29 is 13.2 Å². The van der Waals surface area contributed by atoms with Crippen LogP contribution in [0.15, 0.2) is 4.99 Å². The number of rotatable bonds is 8. The smallest absolute Gasteiger partial charge is 0.222 e. The number of aliphatic imine (C=N–C) groups is 1. The van der Waals surface area contributed by atoms with Crippen molar-refractivity contribution in [3.63, 3.8) is 0 Å². The molecular formula is C19H37IN4O3S. The number of nitrogens with zero attached hydrogens (tertiary/aromatic N) is 1. The van der Waals surface area contributed by atoms with Crippen LogP contribution in [-0.2, 0) is 14.6 Å². The maximum Gasteiger partial charge on any atom is 0.222 e. The van der Waals surface area contributed by atoms with E-state index in [1.54, 1.807) is 0 Å². The highest BCUT2D eigenvalue weighted by Crippen LogP contribution is 2.30.